The quantitative estimate of drug-likeness (QED) is 0.713. The van der Waals surface area contributed by atoms with E-state index in [1.54, 1.807) is 39.8 Å². The minimum atomic E-state index is -3.70. The third kappa shape index (κ3) is 4.11. The third-order valence-corrected chi connectivity index (χ3v) is 7.95. The van der Waals surface area contributed by atoms with E-state index in [9.17, 15) is 18.0 Å². The Kier molecular flexibility index (Phi) is 6.63. The highest BCUT2D eigenvalue weighted by Crippen LogP contribution is 2.32. The first-order valence-electron chi connectivity index (χ1n) is 8.86. The molecule has 0 fully saturated rings. The summed E-state index contributed by atoms with van der Waals surface area (Å²) >= 11 is 1.26. The highest BCUT2D eigenvalue weighted by Gasteiger charge is 2.25. The molecule has 0 aliphatic carbocycles. The zero-order valence-corrected chi connectivity index (χ0v) is 18.3. The van der Waals surface area contributed by atoms with Gasteiger partial charge in [-0.05, 0) is 44.0 Å². The van der Waals surface area contributed by atoms with Crippen molar-refractivity contribution in [1.82, 2.24) is 4.31 Å². The topological polar surface area (TPSA) is 110 Å². The van der Waals surface area contributed by atoms with Crippen molar-refractivity contribution in [3.63, 3.8) is 0 Å². The first-order valence-corrected chi connectivity index (χ1v) is 11.1. The Labute approximate surface area is 169 Å². The van der Waals surface area contributed by atoms with Gasteiger partial charge in [0.25, 0.3) is 11.8 Å². The van der Waals surface area contributed by atoms with Crippen molar-refractivity contribution in [1.29, 1.82) is 0 Å². The van der Waals surface area contributed by atoms with Crippen LogP contribution in [0.2, 0.25) is 0 Å². The van der Waals surface area contributed by atoms with E-state index in [1.807, 2.05) is 6.92 Å². The fourth-order valence-electron chi connectivity index (χ4n) is 2.91. The summed E-state index contributed by atoms with van der Waals surface area (Å²) in [7, 11) is -3.70. The Morgan fingerprint density at radius 3 is 2.29 bits per heavy atom. The predicted molar refractivity (Wildman–Crippen MR) is 112 cm³/mol. The molecule has 0 atom stereocenters. The number of hydrogen-bond acceptors (Lipinski definition) is 5. The average Bonchev–Trinajstić information content (AvgIpc) is 2.89. The normalized spacial score (nSPS) is 11.6. The van der Waals surface area contributed by atoms with Crippen molar-refractivity contribution < 1.29 is 18.0 Å². The van der Waals surface area contributed by atoms with Crippen molar-refractivity contribution in [2.24, 2.45) is 5.73 Å². The summed E-state index contributed by atoms with van der Waals surface area (Å²) in [5, 5.41) is 3.06. The number of primary amides is 1. The van der Waals surface area contributed by atoms with E-state index in [1.165, 1.54) is 21.7 Å². The van der Waals surface area contributed by atoms with Crippen LogP contribution < -0.4 is 11.1 Å². The van der Waals surface area contributed by atoms with E-state index in [4.69, 9.17) is 5.73 Å². The number of nitrogens with two attached hydrogens (primary N) is 1. The highest BCUT2D eigenvalue weighted by atomic mass is 32.2. The summed E-state index contributed by atoms with van der Waals surface area (Å²) in [6.07, 6.45) is 0. The number of anilines is 1. The molecule has 2 rings (SSSR count). The molecule has 28 heavy (non-hydrogen) atoms. The summed E-state index contributed by atoms with van der Waals surface area (Å²) < 4.78 is 27.1. The first kappa shape index (κ1) is 22.1. The second kappa shape index (κ2) is 8.42. The van der Waals surface area contributed by atoms with E-state index < -0.39 is 21.8 Å². The van der Waals surface area contributed by atoms with Crippen LogP contribution in [0.3, 0.4) is 0 Å². The molecule has 0 unspecified atom stereocenters. The molecule has 1 aromatic heterocycles. The van der Waals surface area contributed by atoms with Crippen LogP contribution >= 0.6 is 11.3 Å². The standard InChI is InChI=1S/C19H25N3O4S2/c1-6-22(7-2)28(25,26)15-10-14(9-8-11(15)3)18(24)21-19-16(17(20)23)12(4)13(5)27-19/h8-10H,6-7H2,1-5H3,(H2,20,23)(H,21,24). The number of hydrogen-bond donors (Lipinski definition) is 2. The number of benzene rings is 1. The van der Waals surface area contributed by atoms with Crippen LogP contribution in [-0.4, -0.2) is 37.6 Å². The largest absolute Gasteiger partial charge is 0.365 e. The van der Waals surface area contributed by atoms with Gasteiger partial charge >= 0.3 is 0 Å². The van der Waals surface area contributed by atoms with E-state index in [2.05, 4.69) is 5.32 Å². The van der Waals surface area contributed by atoms with Gasteiger partial charge in [-0.15, -0.1) is 11.3 Å². The van der Waals surface area contributed by atoms with Crippen LogP contribution in [0.4, 0.5) is 5.00 Å². The predicted octanol–water partition coefficient (Wildman–Crippen LogP) is 3.06. The van der Waals surface area contributed by atoms with Crippen LogP contribution in [-0.2, 0) is 10.0 Å². The minimum absolute atomic E-state index is 0.0949. The van der Waals surface area contributed by atoms with E-state index in [0.29, 0.717) is 23.7 Å². The van der Waals surface area contributed by atoms with Crippen LogP contribution in [0.5, 0.6) is 0 Å². The molecule has 0 aliphatic heterocycles. The lowest BCUT2D eigenvalue weighted by Crippen LogP contribution is -2.31. The van der Waals surface area contributed by atoms with Gasteiger partial charge in [0.15, 0.2) is 0 Å². The Bertz CT molecular complexity index is 1020. The molecule has 0 saturated heterocycles. The molecule has 0 saturated carbocycles. The lowest BCUT2D eigenvalue weighted by Gasteiger charge is -2.20. The molecule has 0 bridgehead atoms. The minimum Gasteiger partial charge on any atom is -0.365 e. The van der Waals surface area contributed by atoms with Crippen LogP contribution in [0.15, 0.2) is 23.1 Å². The summed E-state index contributed by atoms with van der Waals surface area (Å²) in [6.45, 7) is 9.49. The molecule has 9 heteroatoms. The lowest BCUT2D eigenvalue weighted by molar-refractivity contribution is 0.100. The number of nitrogens with zero attached hydrogens (tertiary/aromatic N) is 1. The van der Waals surface area contributed by atoms with Gasteiger partial charge in [-0.1, -0.05) is 19.9 Å². The number of aryl methyl sites for hydroxylation is 2. The lowest BCUT2D eigenvalue weighted by atomic mass is 10.1. The molecule has 1 aromatic carbocycles. The fraction of sp³-hybridized carbons (Fsp3) is 0.368. The zero-order chi connectivity index (χ0) is 21.2. The van der Waals surface area contributed by atoms with Gasteiger partial charge in [-0.2, -0.15) is 4.31 Å². The molecule has 0 spiro atoms. The second-order valence-electron chi connectivity index (χ2n) is 6.38. The summed E-state index contributed by atoms with van der Waals surface area (Å²) in [5.41, 5.74) is 7.19. The number of rotatable bonds is 7. The SMILES string of the molecule is CCN(CC)S(=O)(=O)c1cc(C(=O)Nc2sc(C)c(C)c2C(N)=O)ccc1C. The number of carbonyl (C=O) groups excluding carboxylic acids is 2. The molecule has 0 aliphatic rings. The number of amides is 2. The number of thiophene rings is 1. The van der Waals surface area contributed by atoms with Crippen molar-refractivity contribution in [2.75, 3.05) is 18.4 Å². The summed E-state index contributed by atoms with van der Waals surface area (Å²) in [4.78, 5) is 25.4. The van der Waals surface area contributed by atoms with Crippen molar-refractivity contribution >= 4 is 38.2 Å². The van der Waals surface area contributed by atoms with E-state index in [-0.39, 0.29) is 16.0 Å². The van der Waals surface area contributed by atoms with Gasteiger partial charge < -0.3 is 11.1 Å². The molecular weight excluding hydrogens is 398 g/mol. The maximum Gasteiger partial charge on any atom is 0.256 e. The molecule has 0 radical (unpaired) electrons. The van der Waals surface area contributed by atoms with Gasteiger partial charge in [-0.25, -0.2) is 8.42 Å². The van der Waals surface area contributed by atoms with E-state index in [0.717, 1.165) is 10.4 Å². The Hall–Kier alpha value is -2.23. The monoisotopic (exact) mass is 423 g/mol. The number of carbonyl (C=O) groups is 2. The van der Waals surface area contributed by atoms with Crippen molar-refractivity contribution in [2.45, 2.75) is 39.5 Å². The molecular formula is C19H25N3O4S2. The average molecular weight is 424 g/mol. The van der Waals surface area contributed by atoms with Gasteiger partial charge in [0.1, 0.15) is 5.00 Å². The molecule has 152 valence electrons. The van der Waals surface area contributed by atoms with Crippen molar-refractivity contribution in [3.8, 4) is 0 Å². The van der Waals surface area contributed by atoms with Crippen LogP contribution in [0.25, 0.3) is 0 Å². The Morgan fingerprint density at radius 1 is 1.14 bits per heavy atom. The van der Waals surface area contributed by atoms with Gasteiger partial charge in [-0.3, -0.25) is 9.59 Å². The molecule has 2 amide bonds. The van der Waals surface area contributed by atoms with Crippen LogP contribution in [0.1, 0.15) is 50.6 Å². The Morgan fingerprint density at radius 2 is 1.75 bits per heavy atom. The zero-order valence-electron chi connectivity index (χ0n) is 16.6. The summed E-state index contributed by atoms with van der Waals surface area (Å²) in [6, 6.07) is 4.53. The van der Waals surface area contributed by atoms with Gasteiger partial charge in [0, 0.05) is 23.5 Å². The smallest absolute Gasteiger partial charge is 0.256 e. The molecule has 2 aromatic rings. The molecule has 3 N–H and O–H groups in total. The second-order valence-corrected chi connectivity index (χ2v) is 9.51. The highest BCUT2D eigenvalue weighted by molar-refractivity contribution is 7.89. The number of sulfonamides is 1. The number of nitrogens with one attached hydrogen (secondary N) is 1. The van der Waals surface area contributed by atoms with Crippen LogP contribution in [0, 0.1) is 20.8 Å². The van der Waals surface area contributed by atoms with Crippen molar-refractivity contribution in [3.05, 3.63) is 45.3 Å². The molecule has 7 nitrogen and oxygen atoms in total. The van der Waals surface area contributed by atoms with Gasteiger partial charge in [0.2, 0.25) is 10.0 Å². The van der Waals surface area contributed by atoms with E-state index >= 15 is 0 Å². The maximum absolute atomic E-state index is 12.9. The summed E-state index contributed by atoms with van der Waals surface area (Å²) in [5.74, 6) is -1.12. The van der Waals surface area contributed by atoms with Gasteiger partial charge in [0.05, 0.1) is 10.5 Å². The molecule has 1 heterocycles. The maximum atomic E-state index is 12.9. The third-order valence-electron chi connectivity index (χ3n) is 4.63. The Balaban J connectivity index is 2.44. The first-order chi connectivity index (χ1) is 13.0. The fourth-order valence-corrected chi connectivity index (χ4v) is 5.68.